The predicted octanol–water partition coefficient (Wildman–Crippen LogP) is 1.95. The summed E-state index contributed by atoms with van der Waals surface area (Å²) in [5.41, 5.74) is -0.269. The lowest BCUT2D eigenvalue weighted by Gasteiger charge is -2.31. The second kappa shape index (κ2) is 6.11. The van der Waals surface area contributed by atoms with E-state index in [0.29, 0.717) is 12.3 Å². The van der Waals surface area contributed by atoms with E-state index in [-0.39, 0.29) is 24.0 Å². The van der Waals surface area contributed by atoms with Gasteiger partial charge in [-0.25, -0.2) is 0 Å². The topological polar surface area (TPSA) is 49.3 Å². The number of rotatable bonds is 6. The molecule has 0 aliphatic carbocycles. The summed E-state index contributed by atoms with van der Waals surface area (Å²) in [6, 6.07) is 0. The van der Waals surface area contributed by atoms with Crippen molar-refractivity contribution in [1.82, 2.24) is 5.32 Å². The van der Waals surface area contributed by atoms with E-state index in [9.17, 15) is 4.79 Å². The molecule has 0 radical (unpaired) electrons. The molecule has 2 unspecified atom stereocenters. The zero-order valence-corrected chi connectivity index (χ0v) is 10.6. The van der Waals surface area contributed by atoms with Crippen molar-refractivity contribution in [3.8, 4) is 0 Å². The van der Waals surface area contributed by atoms with Crippen molar-refractivity contribution in [2.45, 2.75) is 53.0 Å². The Morgan fingerprint density at radius 2 is 1.93 bits per heavy atom. The first kappa shape index (κ1) is 14.4. The van der Waals surface area contributed by atoms with Crippen LogP contribution in [0.4, 0.5) is 0 Å². The Bertz CT molecular complexity index is 204. The maximum atomic E-state index is 11.8. The molecule has 3 nitrogen and oxygen atoms in total. The molecule has 0 fully saturated rings. The fourth-order valence-electron chi connectivity index (χ4n) is 1.29. The Hall–Kier alpha value is -0.570. The third-order valence-electron chi connectivity index (χ3n) is 3.28. The fourth-order valence-corrected chi connectivity index (χ4v) is 1.29. The molecule has 0 aromatic heterocycles. The van der Waals surface area contributed by atoms with E-state index < -0.39 is 0 Å². The highest BCUT2D eigenvalue weighted by Gasteiger charge is 2.26. The maximum absolute atomic E-state index is 11.8. The van der Waals surface area contributed by atoms with Gasteiger partial charge in [0.05, 0.1) is 0 Å². The minimum atomic E-state index is -0.269. The lowest BCUT2D eigenvalue weighted by atomic mass is 9.91. The van der Waals surface area contributed by atoms with Gasteiger partial charge in [0.2, 0.25) is 5.91 Å². The lowest BCUT2D eigenvalue weighted by Crippen LogP contribution is -2.48. The van der Waals surface area contributed by atoms with Crippen molar-refractivity contribution in [3.63, 3.8) is 0 Å². The molecule has 0 spiro atoms. The van der Waals surface area contributed by atoms with Crippen LogP contribution in [0.5, 0.6) is 0 Å². The third-order valence-corrected chi connectivity index (χ3v) is 3.28. The number of carbonyl (C=O) groups excluding carboxylic acids is 1. The van der Waals surface area contributed by atoms with Gasteiger partial charge in [-0.05, 0) is 25.7 Å². The summed E-state index contributed by atoms with van der Waals surface area (Å²) in [7, 11) is 0. The summed E-state index contributed by atoms with van der Waals surface area (Å²) in [5.74, 6) is 0.456. The summed E-state index contributed by atoms with van der Waals surface area (Å²) < 4.78 is 0. The Kier molecular flexibility index (Phi) is 5.88. The number of aliphatic hydroxyl groups excluding tert-OH is 1. The SMILES string of the molecule is CCC(C)(CCO)NC(=O)C(C)C(C)C. The monoisotopic (exact) mass is 215 g/mol. The van der Waals surface area contributed by atoms with E-state index in [1.807, 2.05) is 34.6 Å². The summed E-state index contributed by atoms with van der Waals surface area (Å²) in [6.07, 6.45) is 1.45. The first-order valence-electron chi connectivity index (χ1n) is 5.79. The molecule has 0 saturated carbocycles. The number of carbonyl (C=O) groups is 1. The van der Waals surface area contributed by atoms with Crippen molar-refractivity contribution in [3.05, 3.63) is 0 Å². The van der Waals surface area contributed by atoms with Gasteiger partial charge in [-0.1, -0.05) is 27.7 Å². The summed E-state index contributed by atoms with van der Waals surface area (Å²) in [5, 5.41) is 12.0. The summed E-state index contributed by atoms with van der Waals surface area (Å²) in [6.45, 7) is 10.1. The van der Waals surface area contributed by atoms with Crippen LogP contribution in [0, 0.1) is 11.8 Å². The second-order valence-electron chi connectivity index (χ2n) is 4.91. The van der Waals surface area contributed by atoms with Gasteiger partial charge in [-0.3, -0.25) is 4.79 Å². The van der Waals surface area contributed by atoms with Gasteiger partial charge in [0.1, 0.15) is 0 Å². The Morgan fingerprint density at radius 3 is 2.27 bits per heavy atom. The minimum absolute atomic E-state index is 0.0227. The highest BCUT2D eigenvalue weighted by Crippen LogP contribution is 2.17. The zero-order valence-electron chi connectivity index (χ0n) is 10.6. The molecule has 0 rings (SSSR count). The summed E-state index contributed by atoms with van der Waals surface area (Å²) >= 11 is 0. The first-order valence-corrected chi connectivity index (χ1v) is 5.79. The second-order valence-corrected chi connectivity index (χ2v) is 4.91. The van der Waals surface area contributed by atoms with Crippen molar-refractivity contribution < 1.29 is 9.90 Å². The molecule has 1 amide bonds. The van der Waals surface area contributed by atoms with Crippen LogP contribution in [-0.4, -0.2) is 23.2 Å². The Morgan fingerprint density at radius 1 is 1.40 bits per heavy atom. The van der Waals surface area contributed by atoms with Gasteiger partial charge in [-0.2, -0.15) is 0 Å². The van der Waals surface area contributed by atoms with Gasteiger partial charge in [0.15, 0.2) is 0 Å². The predicted molar refractivity (Wildman–Crippen MR) is 62.5 cm³/mol. The molecule has 2 atom stereocenters. The van der Waals surface area contributed by atoms with Crippen LogP contribution in [0.1, 0.15) is 47.5 Å². The van der Waals surface area contributed by atoms with Crippen LogP contribution in [0.25, 0.3) is 0 Å². The Labute approximate surface area is 93.3 Å². The fraction of sp³-hybridized carbons (Fsp3) is 0.917. The van der Waals surface area contributed by atoms with Crippen LogP contribution < -0.4 is 5.32 Å². The number of hydrogen-bond acceptors (Lipinski definition) is 2. The van der Waals surface area contributed by atoms with E-state index in [1.165, 1.54) is 0 Å². The van der Waals surface area contributed by atoms with Crippen LogP contribution in [0.15, 0.2) is 0 Å². The highest BCUT2D eigenvalue weighted by atomic mass is 16.3. The van der Waals surface area contributed by atoms with E-state index in [2.05, 4.69) is 5.32 Å². The molecule has 2 N–H and O–H groups in total. The maximum Gasteiger partial charge on any atom is 0.223 e. The van der Waals surface area contributed by atoms with Gasteiger partial charge in [0.25, 0.3) is 0 Å². The van der Waals surface area contributed by atoms with Crippen molar-refractivity contribution >= 4 is 5.91 Å². The molecule has 0 aromatic rings. The molecule has 0 heterocycles. The first-order chi connectivity index (χ1) is 6.86. The zero-order chi connectivity index (χ0) is 12.1. The van der Waals surface area contributed by atoms with E-state index in [1.54, 1.807) is 0 Å². The molecule has 90 valence electrons. The van der Waals surface area contributed by atoms with Crippen LogP contribution >= 0.6 is 0 Å². The highest BCUT2D eigenvalue weighted by molar-refractivity contribution is 5.79. The number of aliphatic hydroxyl groups is 1. The average molecular weight is 215 g/mol. The van der Waals surface area contributed by atoms with E-state index in [4.69, 9.17) is 5.11 Å². The van der Waals surface area contributed by atoms with Crippen molar-refractivity contribution in [2.24, 2.45) is 11.8 Å². The molecule has 3 heteroatoms. The van der Waals surface area contributed by atoms with Gasteiger partial charge in [-0.15, -0.1) is 0 Å². The largest absolute Gasteiger partial charge is 0.396 e. The number of nitrogens with one attached hydrogen (secondary N) is 1. The quantitative estimate of drug-likeness (QED) is 0.711. The van der Waals surface area contributed by atoms with E-state index >= 15 is 0 Å². The normalized spacial score (nSPS) is 17.3. The molecular formula is C12H25NO2. The van der Waals surface area contributed by atoms with Crippen LogP contribution in [0.3, 0.4) is 0 Å². The summed E-state index contributed by atoms with van der Waals surface area (Å²) in [4.78, 5) is 11.8. The number of hydrogen-bond donors (Lipinski definition) is 2. The van der Waals surface area contributed by atoms with E-state index in [0.717, 1.165) is 6.42 Å². The molecule has 0 saturated heterocycles. The molecule has 0 aliphatic heterocycles. The van der Waals surface area contributed by atoms with Gasteiger partial charge >= 0.3 is 0 Å². The molecular weight excluding hydrogens is 190 g/mol. The van der Waals surface area contributed by atoms with Crippen molar-refractivity contribution in [2.75, 3.05) is 6.61 Å². The van der Waals surface area contributed by atoms with Crippen molar-refractivity contribution in [1.29, 1.82) is 0 Å². The smallest absolute Gasteiger partial charge is 0.223 e. The third kappa shape index (κ3) is 4.65. The standard InChI is InChI=1S/C12H25NO2/c1-6-12(5,7-8-14)13-11(15)10(4)9(2)3/h9-10,14H,6-8H2,1-5H3,(H,13,15). The lowest BCUT2D eigenvalue weighted by molar-refractivity contribution is -0.127. The molecule has 0 bridgehead atoms. The minimum Gasteiger partial charge on any atom is -0.396 e. The molecule has 15 heavy (non-hydrogen) atoms. The Balaban J connectivity index is 4.36. The average Bonchev–Trinajstić information content (AvgIpc) is 2.16. The molecule has 0 aromatic carbocycles. The van der Waals surface area contributed by atoms with Crippen LogP contribution in [-0.2, 0) is 4.79 Å². The van der Waals surface area contributed by atoms with Gasteiger partial charge in [0, 0.05) is 18.1 Å². The molecule has 0 aliphatic rings. The number of amides is 1. The van der Waals surface area contributed by atoms with Crippen LogP contribution in [0.2, 0.25) is 0 Å². The van der Waals surface area contributed by atoms with Gasteiger partial charge < -0.3 is 10.4 Å².